The fourth-order valence-electron chi connectivity index (χ4n) is 3.48. The molecule has 1 N–H and O–H groups in total. The molecule has 2 aromatic heterocycles. The molecule has 0 radical (unpaired) electrons. The summed E-state index contributed by atoms with van der Waals surface area (Å²) in [5.41, 5.74) is 1.76. The van der Waals surface area contributed by atoms with Gasteiger partial charge in [0.1, 0.15) is 5.82 Å². The van der Waals surface area contributed by atoms with Gasteiger partial charge in [-0.3, -0.25) is 9.69 Å². The van der Waals surface area contributed by atoms with Gasteiger partial charge < -0.3 is 10.1 Å². The summed E-state index contributed by atoms with van der Waals surface area (Å²) in [6.07, 6.45) is 0.272. The van der Waals surface area contributed by atoms with Crippen molar-refractivity contribution in [2.24, 2.45) is 0 Å². The van der Waals surface area contributed by atoms with Gasteiger partial charge in [0.15, 0.2) is 0 Å². The van der Waals surface area contributed by atoms with E-state index in [-0.39, 0.29) is 18.1 Å². The Bertz CT molecular complexity index is 923. The van der Waals surface area contributed by atoms with Gasteiger partial charge in [-0.15, -0.1) is 0 Å². The molecule has 2 atom stereocenters. The van der Waals surface area contributed by atoms with Gasteiger partial charge in [-0.25, -0.2) is 4.98 Å². The van der Waals surface area contributed by atoms with Crippen LogP contribution in [0.15, 0.2) is 30.3 Å². The zero-order chi connectivity index (χ0) is 19.0. The predicted molar refractivity (Wildman–Crippen MR) is 107 cm³/mol. The van der Waals surface area contributed by atoms with Crippen LogP contribution in [0.2, 0.25) is 0 Å². The van der Waals surface area contributed by atoms with Crippen LogP contribution in [0, 0.1) is 6.92 Å². The molecular weight excluding hydrogens is 362 g/mol. The maximum Gasteiger partial charge on any atom is 0.239 e. The summed E-state index contributed by atoms with van der Waals surface area (Å²) in [5, 5.41) is 8.26. The number of amides is 1. The molecule has 142 valence electrons. The lowest BCUT2D eigenvalue weighted by Gasteiger charge is -2.34. The van der Waals surface area contributed by atoms with Crippen LogP contribution in [0.1, 0.15) is 19.5 Å². The number of rotatable bonds is 4. The Hall–Kier alpha value is -2.29. The highest BCUT2D eigenvalue weighted by molar-refractivity contribution is 7.20. The van der Waals surface area contributed by atoms with E-state index in [2.05, 4.69) is 20.3 Å². The second kappa shape index (κ2) is 7.38. The lowest BCUT2D eigenvalue weighted by molar-refractivity contribution is -0.121. The minimum absolute atomic E-state index is 0.0569. The van der Waals surface area contributed by atoms with Crippen molar-refractivity contribution in [3.63, 3.8) is 0 Å². The number of fused-ring (bicyclic) bond motifs is 1. The summed E-state index contributed by atoms with van der Waals surface area (Å²) in [6, 6.07) is 9.84. The summed E-state index contributed by atoms with van der Waals surface area (Å²) in [5.74, 6) is 0.587. The molecule has 27 heavy (non-hydrogen) atoms. The minimum atomic E-state index is -0.0569. The number of carbonyl (C=O) groups excluding carboxylic acids is 1. The van der Waals surface area contributed by atoms with Crippen molar-refractivity contribution >= 4 is 33.3 Å². The first-order valence-corrected chi connectivity index (χ1v) is 9.90. The largest absolute Gasteiger partial charge is 0.373 e. The number of carbonyl (C=O) groups is 1. The molecule has 3 aromatic rings. The van der Waals surface area contributed by atoms with E-state index in [1.54, 1.807) is 16.0 Å². The van der Waals surface area contributed by atoms with E-state index in [0.29, 0.717) is 12.4 Å². The van der Waals surface area contributed by atoms with Gasteiger partial charge in [0.2, 0.25) is 11.0 Å². The second-order valence-corrected chi connectivity index (χ2v) is 8.06. The van der Waals surface area contributed by atoms with Crippen LogP contribution in [0.4, 0.5) is 5.82 Å². The number of para-hydroxylation sites is 1. The van der Waals surface area contributed by atoms with E-state index in [1.165, 1.54) is 0 Å². The zero-order valence-electron chi connectivity index (χ0n) is 15.7. The summed E-state index contributed by atoms with van der Waals surface area (Å²) in [6.45, 7) is 7.83. The van der Waals surface area contributed by atoms with Crippen molar-refractivity contribution < 1.29 is 9.53 Å². The van der Waals surface area contributed by atoms with Crippen LogP contribution >= 0.6 is 11.3 Å². The van der Waals surface area contributed by atoms with Crippen LogP contribution in [0.3, 0.4) is 0 Å². The Morgan fingerprint density at radius 1 is 1.30 bits per heavy atom. The summed E-state index contributed by atoms with van der Waals surface area (Å²) in [4.78, 5) is 19.4. The lowest BCUT2D eigenvalue weighted by atomic mass is 10.2. The second-order valence-electron chi connectivity index (χ2n) is 7.05. The molecule has 0 spiro atoms. The Labute approximate surface area is 162 Å². The summed E-state index contributed by atoms with van der Waals surface area (Å²) >= 11 is 1.55. The Kier molecular flexibility index (Phi) is 4.94. The molecule has 1 fully saturated rings. The lowest BCUT2D eigenvalue weighted by Crippen LogP contribution is -2.48. The van der Waals surface area contributed by atoms with Crippen LogP contribution in [0.5, 0.6) is 0 Å². The maximum absolute atomic E-state index is 12.6. The minimum Gasteiger partial charge on any atom is -0.373 e. The van der Waals surface area contributed by atoms with Gasteiger partial charge in [0.25, 0.3) is 0 Å². The number of hydrogen-bond acceptors (Lipinski definition) is 6. The summed E-state index contributed by atoms with van der Waals surface area (Å²) < 4.78 is 8.53. The average molecular weight is 385 g/mol. The number of aromatic nitrogens is 3. The number of morpholine rings is 1. The molecule has 4 rings (SSSR count). The van der Waals surface area contributed by atoms with Crippen LogP contribution in [-0.2, 0) is 9.53 Å². The number of nitrogens with one attached hydrogen (secondary N) is 1. The molecule has 1 aliphatic rings. The highest BCUT2D eigenvalue weighted by Gasteiger charge is 2.24. The highest BCUT2D eigenvalue weighted by Crippen LogP contribution is 2.27. The third kappa shape index (κ3) is 4.02. The molecule has 0 bridgehead atoms. The van der Waals surface area contributed by atoms with Gasteiger partial charge in [-0.05, 0) is 32.9 Å². The molecule has 1 aromatic carbocycles. The predicted octanol–water partition coefficient (Wildman–Crippen LogP) is 2.84. The number of thiazole rings is 1. The molecule has 8 heteroatoms. The molecular formula is C19H23N5O2S. The van der Waals surface area contributed by atoms with Crippen molar-refractivity contribution in [3.05, 3.63) is 36.0 Å². The SMILES string of the molecule is Cc1cc(NC(=O)CN2C[C@H](C)O[C@@H](C)C2)n(-c2nc3ccccc3s2)n1. The van der Waals surface area contributed by atoms with Crippen LogP contribution in [0.25, 0.3) is 15.3 Å². The standard InChI is InChI=1S/C19H23N5O2S/c1-12-8-17(21-18(25)11-23-9-13(2)26-14(3)10-23)24(22-12)19-20-15-6-4-5-7-16(15)27-19/h4-8,13-14H,9-11H2,1-3H3,(H,21,25)/t13-,14-/m0/s1. The van der Waals surface area contributed by atoms with E-state index in [4.69, 9.17) is 4.74 Å². The van der Waals surface area contributed by atoms with E-state index >= 15 is 0 Å². The monoisotopic (exact) mass is 385 g/mol. The molecule has 3 heterocycles. The van der Waals surface area contributed by atoms with Crippen molar-refractivity contribution in [3.8, 4) is 5.13 Å². The van der Waals surface area contributed by atoms with E-state index in [9.17, 15) is 4.79 Å². The van der Waals surface area contributed by atoms with Gasteiger partial charge in [0.05, 0.1) is 34.7 Å². The smallest absolute Gasteiger partial charge is 0.239 e. The van der Waals surface area contributed by atoms with Gasteiger partial charge in [0, 0.05) is 19.2 Å². The Morgan fingerprint density at radius 2 is 2.04 bits per heavy atom. The number of hydrogen-bond donors (Lipinski definition) is 1. The zero-order valence-corrected chi connectivity index (χ0v) is 16.5. The molecule has 0 unspecified atom stereocenters. The normalized spacial score (nSPS) is 20.9. The van der Waals surface area contributed by atoms with E-state index < -0.39 is 0 Å². The maximum atomic E-state index is 12.6. The molecule has 1 aliphatic heterocycles. The molecule has 0 aliphatic carbocycles. The summed E-state index contributed by atoms with van der Waals surface area (Å²) in [7, 11) is 0. The van der Waals surface area contributed by atoms with Gasteiger partial charge >= 0.3 is 0 Å². The van der Waals surface area contributed by atoms with Crippen LogP contribution < -0.4 is 5.32 Å². The fraction of sp³-hybridized carbons (Fsp3) is 0.421. The number of ether oxygens (including phenoxy) is 1. The average Bonchev–Trinajstić information content (AvgIpc) is 3.16. The first kappa shape index (κ1) is 18.1. The Morgan fingerprint density at radius 3 is 2.78 bits per heavy atom. The van der Waals surface area contributed by atoms with Crippen molar-refractivity contribution in [2.45, 2.75) is 33.0 Å². The van der Waals surface area contributed by atoms with E-state index in [1.807, 2.05) is 51.1 Å². The molecule has 0 saturated carbocycles. The first-order valence-electron chi connectivity index (χ1n) is 9.08. The Balaban J connectivity index is 1.52. The quantitative estimate of drug-likeness (QED) is 0.748. The third-order valence-electron chi connectivity index (χ3n) is 4.43. The molecule has 7 nitrogen and oxygen atoms in total. The van der Waals surface area contributed by atoms with Gasteiger partial charge in [-0.1, -0.05) is 23.5 Å². The third-order valence-corrected chi connectivity index (χ3v) is 5.44. The first-order chi connectivity index (χ1) is 13.0. The van der Waals surface area contributed by atoms with Crippen molar-refractivity contribution in [1.29, 1.82) is 0 Å². The van der Waals surface area contributed by atoms with Crippen molar-refractivity contribution in [2.75, 3.05) is 25.0 Å². The number of nitrogens with zero attached hydrogens (tertiary/aromatic N) is 4. The molecule has 1 amide bonds. The number of aryl methyl sites for hydroxylation is 1. The van der Waals surface area contributed by atoms with Crippen LogP contribution in [-0.4, -0.2) is 57.4 Å². The fourth-order valence-corrected chi connectivity index (χ4v) is 4.42. The highest BCUT2D eigenvalue weighted by atomic mass is 32.1. The number of anilines is 1. The van der Waals surface area contributed by atoms with Gasteiger partial charge in [-0.2, -0.15) is 9.78 Å². The molecule has 1 saturated heterocycles. The van der Waals surface area contributed by atoms with E-state index in [0.717, 1.165) is 34.1 Å². The van der Waals surface area contributed by atoms with Crippen molar-refractivity contribution in [1.82, 2.24) is 19.7 Å². The number of benzene rings is 1. The topological polar surface area (TPSA) is 72.3 Å².